The van der Waals surface area contributed by atoms with Gasteiger partial charge in [-0.25, -0.2) is 9.59 Å². The monoisotopic (exact) mass is 530 g/mol. The van der Waals surface area contributed by atoms with Crippen molar-refractivity contribution in [3.05, 3.63) is 29.3 Å². The Labute approximate surface area is 224 Å². The third-order valence-corrected chi connectivity index (χ3v) is 7.46. The Morgan fingerprint density at radius 1 is 1.05 bits per heavy atom. The lowest BCUT2D eigenvalue weighted by atomic mass is 10.0. The number of benzene rings is 1. The van der Waals surface area contributed by atoms with Crippen LogP contribution in [-0.4, -0.2) is 88.2 Å². The number of amides is 2. The van der Waals surface area contributed by atoms with Crippen LogP contribution in [0.5, 0.6) is 0 Å². The number of hydrogen-bond acceptors (Lipinski definition) is 7. The van der Waals surface area contributed by atoms with Gasteiger partial charge in [0, 0.05) is 44.0 Å². The Balaban J connectivity index is 1.23. The van der Waals surface area contributed by atoms with E-state index >= 15 is 0 Å². The molecule has 0 atom stereocenters. The van der Waals surface area contributed by atoms with Crippen molar-refractivity contribution in [2.75, 3.05) is 44.2 Å². The molecule has 0 bridgehead atoms. The van der Waals surface area contributed by atoms with Gasteiger partial charge in [-0.1, -0.05) is 6.42 Å². The molecule has 37 heavy (non-hydrogen) atoms. The van der Waals surface area contributed by atoms with E-state index in [1.54, 1.807) is 15.9 Å². The quantitative estimate of drug-likeness (QED) is 0.299. The van der Waals surface area contributed by atoms with Gasteiger partial charge in [-0.15, -0.1) is 0 Å². The van der Waals surface area contributed by atoms with Crippen molar-refractivity contribution in [2.24, 2.45) is 0 Å². The van der Waals surface area contributed by atoms with E-state index < -0.39 is 11.1 Å². The zero-order chi connectivity index (χ0) is 27.0. The Morgan fingerprint density at radius 2 is 1.73 bits per heavy atom. The number of piperazine rings is 1. The third-order valence-electron chi connectivity index (χ3n) is 7.06. The van der Waals surface area contributed by atoms with Gasteiger partial charge < -0.3 is 19.3 Å². The van der Waals surface area contributed by atoms with Gasteiger partial charge in [0.1, 0.15) is 17.7 Å². The second-order valence-electron chi connectivity index (χ2n) is 11.4. The molecule has 4 rings (SSSR count). The molecule has 0 saturated carbocycles. The molecule has 1 aromatic carbocycles. The van der Waals surface area contributed by atoms with Crippen molar-refractivity contribution >= 4 is 41.0 Å². The second-order valence-corrected chi connectivity index (χ2v) is 11.8. The van der Waals surface area contributed by atoms with E-state index in [0.29, 0.717) is 30.3 Å². The van der Waals surface area contributed by atoms with Gasteiger partial charge in [0.25, 0.3) is 5.91 Å². The van der Waals surface area contributed by atoms with Crippen LogP contribution in [0.3, 0.4) is 0 Å². The van der Waals surface area contributed by atoms with Gasteiger partial charge in [-0.3, -0.25) is 14.6 Å². The largest absolute Gasteiger partial charge is 0.457 e. The van der Waals surface area contributed by atoms with E-state index in [0.717, 1.165) is 50.1 Å². The summed E-state index contributed by atoms with van der Waals surface area (Å²) in [6.07, 6.45) is 2.63. The molecule has 2 fully saturated rings. The molecule has 9 nitrogen and oxygen atoms in total. The molecule has 2 saturated heterocycles. The zero-order valence-corrected chi connectivity index (χ0v) is 23.4. The minimum atomic E-state index is -0.803. The zero-order valence-electron chi connectivity index (χ0n) is 22.5. The molecule has 1 aromatic rings. The first-order valence-electron chi connectivity index (χ1n) is 13.0. The summed E-state index contributed by atoms with van der Waals surface area (Å²) >= 11 is 5.75. The maximum atomic E-state index is 13.3. The van der Waals surface area contributed by atoms with Crippen LogP contribution in [0.2, 0.25) is 0 Å². The maximum absolute atomic E-state index is 13.3. The lowest BCUT2D eigenvalue weighted by Crippen LogP contribution is -2.50. The number of fused-ring (bicyclic) bond motifs is 1. The molecule has 3 heterocycles. The standard InChI is InChI=1S/C27H38N4O5S/c1-26(2,3)36-25(34)29-15-13-28(14-16-29)11-7-6-8-12-30-23(33)27(4,5)31(24(30)37)20-9-10-21-19(17-20)18-35-22(21)32/h9-10,17H,6-8,11-16,18H2,1-5H3. The normalized spacial score (nSPS) is 19.9. The summed E-state index contributed by atoms with van der Waals surface area (Å²) in [5.41, 5.74) is 0.909. The van der Waals surface area contributed by atoms with Gasteiger partial charge in [-0.2, -0.15) is 0 Å². The fraction of sp³-hybridized carbons (Fsp3) is 0.630. The predicted molar refractivity (Wildman–Crippen MR) is 145 cm³/mol. The minimum absolute atomic E-state index is 0.0106. The number of unbranched alkanes of at least 4 members (excludes halogenated alkanes) is 2. The fourth-order valence-electron chi connectivity index (χ4n) is 5.02. The minimum Gasteiger partial charge on any atom is -0.457 e. The Hall–Kier alpha value is -2.72. The fourth-order valence-corrected chi connectivity index (χ4v) is 5.53. The van der Waals surface area contributed by atoms with E-state index in [9.17, 15) is 14.4 Å². The molecular weight excluding hydrogens is 492 g/mol. The highest BCUT2D eigenvalue weighted by Gasteiger charge is 2.49. The maximum Gasteiger partial charge on any atom is 0.410 e. The van der Waals surface area contributed by atoms with E-state index in [1.165, 1.54) is 0 Å². The highest BCUT2D eigenvalue weighted by molar-refractivity contribution is 7.80. The molecule has 0 aromatic heterocycles. The van der Waals surface area contributed by atoms with Crippen molar-refractivity contribution in [3.8, 4) is 0 Å². The van der Waals surface area contributed by atoms with Crippen LogP contribution in [0.4, 0.5) is 10.5 Å². The number of rotatable bonds is 7. The number of nitrogens with zero attached hydrogens (tertiary/aromatic N) is 4. The topological polar surface area (TPSA) is 82.6 Å². The number of thiocarbonyl (C=S) groups is 1. The van der Waals surface area contributed by atoms with Crippen molar-refractivity contribution in [2.45, 2.75) is 71.6 Å². The van der Waals surface area contributed by atoms with E-state index in [4.69, 9.17) is 21.7 Å². The molecule has 3 aliphatic rings. The lowest BCUT2D eigenvalue weighted by Gasteiger charge is -2.35. The first-order chi connectivity index (χ1) is 17.4. The molecule has 3 aliphatic heterocycles. The first kappa shape index (κ1) is 27.3. The predicted octanol–water partition coefficient (Wildman–Crippen LogP) is 3.79. The summed E-state index contributed by atoms with van der Waals surface area (Å²) in [6.45, 7) is 14.2. The van der Waals surface area contributed by atoms with Crippen molar-refractivity contribution in [1.82, 2.24) is 14.7 Å². The highest BCUT2D eigenvalue weighted by Crippen LogP contribution is 2.35. The van der Waals surface area contributed by atoms with Crippen LogP contribution >= 0.6 is 12.2 Å². The van der Waals surface area contributed by atoms with Crippen LogP contribution < -0.4 is 4.90 Å². The number of carbonyl (C=O) groups is 3. The van der Waals surface area contributed by atoms with Gasteiger partial charge >= 0.3 is 12.1 Å². The summed E-state index contributed by atoms with van der Waals surface area (Å²) in [7, 11) is 0. The first-order valence-corrected chi connectivity index (χ1v) is 13.5. The lowest BCUT2D eigenvalue weighted by molar-refractivity contribution is -0.129. The number of anilines is 1. The summed E-state index contributed by atoms with van der Waals surface area (Å²) in [5.74, 6) is -0.323. The van der Waals surface area contributed by atoms with Crippen LogP contribution in [-0.2, 0) is 20.9 Å². The van der Waals surface area contributed by atoms with Gasteiger partial charge in [-0.05, 0) is 84.4 Å². The molecule has 0 radical (unpaired) electrons. The average Bonchev–Trinajstić information content (AvgIpc) is 3.27. The Morgan fingerprint density at radius 3 is 2.41 bits per heavy atom. The van der Waals surface area contributed by atoms with Gasteiger partial charge in [0.05, 0.1) is 5.56 Å². The van der Waals surface area contributed by atoms with Crippen LogP contribution in [0.15, 0.2) is 18.2 Å². The number of hydrogen-bond donors (Lipinski definition) is 0. The molecule has 0 unspecified atom stereocenters. The highest BCUT2D eigenvalue weighted by atomic mass is 32.1. The number of cyclic esters (lactones) is 1. The number of carbonyl (C=O) groups excluding carboxylic acids is 3. The number of esters is 1. The molecule has 0 aliphatic carbocycles. The molecule has 0 spiro atoms. The molecule has 10 heteroatoms. The van der Waals surface area contributed by atoms with E-state index in [-0.39, 0.29) is 24.6 Å². The second kappa shape index (κ2) is 10.6. The molecule has 2 amide bonds. The third kappa shape index (κ3) is 5.90. The van der Waals surface area contributed by atoms with Crippen LogP contribution in [0.1, 0.15) is 69.8 Å². The Bertz CT molecular complexity index is 1080. The smallest absolute Gasteiger partial charge is 0.410 e. The SMILES string of the molecule is CC(C)(C)OC(=O)N1CCN(CCCCCN2C(=O)C(C)(C)N(c3ccc4c(c3)COC4=O)C2=S)CC1. The molecule has 202 valence electrons. The van der Waals surface area contributed by atoms with Crippen molar-refractivity contribution in [1.29, 1.82) is 0 Å². The summed E-state index contributed by atoms with van der Waals surface area (Å²) in [4.78, 5) is 45.1. The van der Waals surface area contributed by atoms with Crippen LogP contribution in [0.25, 0.3) is 0 Å². The van der Waals surface area contributed by atoms with Crippen LogP contribution in [0, 0.1) is 0 Å². The van der Waals surface area contributed by atoms with Crippen molar-refractivity contribution < 1.29 is 23.9 Å². The molecule has 0 N–H and O–H groups in total. The summed E-state index contributed by atoms with van der Waals surface area (Å²) in [6, 6.07) is 5.48. The van der Waals surface area contributed by atoms with E-state index in [2.05, 4.69) is 4.90 Å². The van der Waals surface area contributed by atoms with Gasteiger partial charge in [0.15, 0.2) is 5.11 Å². The van der Waals surface area contributed by atoms with Crippen molar-refractivity contribution in [3.63, 3.8) is 0 Å². The summed E-state index contributed by atoms with van der Waals surface area (Å²) < 4.78 is 10.6. The average molecular weight is 531 g/mol. The molecular formula is C27H38N4O5S. The summed E-state index contributed by atoms with van der Waals surface area (Å²) in [5, 5.41) is 0.499. The number of ether oxygens (including phenoxy) is 2. The van der Waals surface area contributed by atoms with E-state index in [1.807, 2.05) is 51.7 Å². The Kier molecular flexibility index (Phi) is 7.80. The van der Waals surface area contributed by atoms with Gasteiger partial charge in [0.2, 0.25) is 0 Å².